The number of hydrogen-bond donors (Lipinski definition) is 0. The molecule has 0 aromatic carbocycles. The first-order valence-corrected chi connectivity index (χ1v) is 3.42. The largest absolute Gasteiger partial charge is 0.432 e. The Bertz CT molecular complexity index is 258. The van der Waals surface area contributed by atoms with Crippen LogP contribution in [0.5, 0.6) is 5.88 Å². The monoisotopic (exact) mass is 175 g/mol. The molecule has 1 aromatic heterocycles. The van der Waals surface area contributed by atoms with Crippen LogP contribution in [0.3, 0.4) is 0 Å². The predicted octanol–water partition coefficient (Wildman–Crippen LogP) is 1.64. The van der Waals surface area contributed by atoms with E-state index in [2.05, 4.69) is 14.1 Å². The van der Waals surface area contributed by atoms with E-state index in [0.717, 1.165) is 0 Å². The van der Waals surface area contributed by atoms with Crippen LogP contribution < -0.4 is 4.74 Å². The first-order valence-electron chi connectivity index (χ1n) is 3.04. The normalized spacial score (nSPS) is 9.64. The molecule has 1 rings (SSSR count). The number of aromatic nitrogens is 1. The minimum Gasteiger partial charge on any atom is -0.432 e. The predicted molar refractivity (Wildman–Crippen MR) is 37.4 cm³/mol. The molecule has 0 amide bonds. The third-order valence-electron chi connectivity index (χ3n) is 0.962. The van der Waals surface area contributed by atoms with Gasteiger partial charge in [-0.3, -0.25) is 4.79 Å². The molecule has 1 heterocycles. The van der Waals surface area contributed by atoms with Gasteiger partial charge in [-0.15, -0.1) is 0 Å². The molecule has 0 aliphatic heterocycles. The van der Waals surface area contributed by atoms with Crippen LogP contribution in [-0.2, 0) is 4.79 Å². The fourth-order valence-electron chi connectivity index (χ4n) is 0.474. The van der Waals surface area contributed by atoms with Gasteiger partial charge in [-0.25, -0.2) is 0 Å². The summed E-state index contributed by atoms with van der Waals surface area (Å²) in [5, 5.41) is -0.0381. The van der Waals surface area contributed by atoms with Crippen LogP contribution in [0.25, 0.3) is 0 Å². The number of carbonyl (C=O) groups excluding carboxylic acids is 1. The Morgan fingerprint density at radius 3 is 3.09 bits per heavy atom. The molecule has 0 aliphatic rings. The number of halogens is 1. The van der Waals surface area contributed by atoms with Crippen molar-refractivity contribution >= 4 is 17.6 Å². The molecule has 0 N–H and O–H groups in total. The molecule has 0 spiro atoms. The quantitative estimate of drug-likeness (QED) is 0.642. The minimum atomic E-state index is -0.366. The van der Waals surface area contributed by atoms with E-state index in [0.29, 0.717) is 6.42 Å². The van der Waals surface area contributed by atoms with Crippen LogP contribution >= 0.6 is 11.6 Å². The summed E-state index contributed by atoms with van der Waals surface area (Å²) >= 11 is 5.32. The summed E-state index contributed by atoms with van der Waals surface area (Å²) in [6, 6.07) is 0. The molecule has 0 fully saturated rings. The number of hydrogen-bond acceptors (Lipinski definition) is 4. The molecule has 0 atom stereocenters. The third-order valence-corrected chi connectivity index (χ3v) is 1.14. The average Bonchev–Trinajstić information content (AvgIpc) is 2.35. The van der Waals surface area contributed by atoms with Crippen LogP contribution in [0.4, 0.5) is 0 Å². The standard InChI is InChI=1S/C6H6ClNO3/c1-2-5(9)11-4-3-10-6(7)8-4/h3H,2H2,1H3. The lowest BCUT2D eigenvalue weighted by atomic mass is 10.5. The second-order valence-corrected chi connectivity index (χ2v) is 2.09. The highest BCUT2D eigenvalue weighted by atomic mass is 35.5. The van der Waals surface area contributed by atoms with Crippen LogP contribution in [0.1, 0.15) is 13.3 Å². The van der Waals surface area contributed by atoms with E-state index < -0.39 is 0 Å². The van der Waals surface area contributed by atoms with Crippen LogP contribution in [0.15, 0.2) is 10.7 Å². The minimum absolute atomic E-state index is 0.0381. The molecule has 0 radical (unpaired) electrons. The Labute approximate surface area is 68.1 Å². The molecule has 1 aromatic rings. The van der Waals surface area contributed by atoms with Gasteiger partial charge in [-0.2, -0.15) is 4.98 Å². The first-order chi connectivity index (χ1) is 5.22. The van der Waals surface area contributed by atoms with Crippen molar-refractivity contribution in [1.29, 1.82) is 0 Å². The topological polar surface area (TPSA) is 52.3 Å². The number of nitrogens with zero attached hydrogens (tertiary/aromatic N) is 1. The summed E-state index contributed by atoms with van der Waals surface area (Å²) in [6.45, 7) is 1.68. The zero-order valence-electron chi connectivity index (χ0n) is 5.83. The zero-order chi connectivity index (χ0) is 8.27. The van der Waals surface area contributed by atoms with E-state index in [9.17, 15) is 4.79 Å². The number of rotatable bonds is 2. The van der Waals surface area contributed by atoms with Gasteiger partial charge in [-0.05, 0) is 11.6 Å². The van der Waals surface area contributed by atoms with E-state index in [1.54, 1.807) is 6.92 Å². The third kappa shape index (κ3) is 2.23. The Morgan fingerprint density at radius 2 is 2.64 bits per heavy atom. The maximum atomic E-state index is 10.6. The summed E-state index contributed by atoms with van der Waals surface area (Å²) in [5.74, 6) is -0.267. The summed E-state index contributed by atoms with van der Waals surface area (Å²) in [5.41, 5.74) is 0. The van der Waals surface area contributed by atoms with Crippen molar-refractivity contribution in [1.82, 2.24) is 4.98 Å². The van der Waals surface area contributed by atoms with E-state index in [4.69, 9.17) is 11.6 Å². The van der Waals surface area contributed by atoms with Gasteiger partial charge in [0.1, 0.15) is 0 Å². The molecule has 5 heteroatoms. The second kappa shape index (κ2) is 3.39. The Kier molecular flexibility index (Phi) is 2.48. The van der Waals surface area contributed by atoms with Crippen molar-refractivity contribution < 1.29 is 13.9 Å². The van der Waals surface area contributed by atoms with Gasteiger partial charge in [0.25, 0.3) is 11.2 Å². The molecule has 0 bridgehead atoms. The maximum absolute atomic E-state index is 10.6. The van der Waals surface area contributed by atoms with Crippen LogP contribution in [0.2, 0.25) is 5.35 Å². The summed E-state index contributed by atoms with van der Waals surface area (Å²) in [4.78, 5) is 14.2. The molecule has 4 nitrogen and oxygen atoms in total. The van der Waals surface area contributed by atoms with Gasteiger partial charge in [0, 0.05) is 6.42 Å². The fraction of sp³-hybridized carbons (Fsp3) is 0.333. The molecule has 0 saturated heterocycles. The van der Waals surface area contributed by atoms with E-state index in [1.807, 2.05) is 0 Å². The highest BCUT2D eigenvalue weighted by Crippen LogP contribution is 2.14. The van der Waals surface area contributed by atoms with E-state index >= 15 is 0 Å². The smallest absolute Gasteiger partial charge is 0.312 e. The van der Waals surface area contributed by atoms with Crippen LogP contribution in [0, 0.1) is 0 Å². The summed E-state index contributed by atoms with van der Waals surface area (Å²) < 4.78 is 9.24. The van der Waals surface area contributed by atoms with Gasteiger partial charge in [0.2, 0.25) is 0 Å². The van der Waals surface area contributed by atoms with Gasteiger partial charge < -0.3 is 9.15 Å². The SMILES string of the molecule is CCC(=O)Oc1coc(Cl)n1. The number of esters is 1. The number of oxazole rings is 1. The average molecular weight is 176 g/mol. The van der Waals surface area contributed by atoms with Crippen molar-refractivity contribution in [2.24, 2.45) is 0 Å². The molecule has 0 aliphatic carbocycles. The maximum Gasteiger partial charge on any atom is 0.312 e. The van der Waals surface area contributed by atoms with Gasteiger partial charge in [-0.1, -0.05) is 6.92 Å². The van der Waals surface area contributed by atoms with E-state index in [-0.39, 0.29) is 17.2 Å². The Hall–Kier alpha value is -1.03. The number of carbonyl (C=O) groups is 1. The Balaban J connectivity index is 2.57. The molecule has 0 unspecified atom stereocenters. The number of ether oxygens (including phenoxy) is 1. The van der Waals surface area contributed by atoms with Crippen molar-refractivity contribution in [3.8, 4) is 5.88 Å². The molecular weight excluding hydrogens is 170 g/mol. The molecule has 0 saturated carbocycles. The van der Waals surface area contributed by atoms with E-state index in [1.165, 1.54) is 6.26 Å². The van der Waals surface area contributed by atoms with Crippen molar-refractivity contribution in [3.05, 3.63) is 11.6 Å². The second-order valence-electron chi connectivity index (χ2n) is 1.77. The Morgan fingerprint density at radius 1 is 1.91 bits per heavy atom. The van der Waals surface area contributed by atoms with Crippen molar-refractivity contribution in [3.63, 3.8) is 0 Å². The summed E-state index contributed by atoms with van der Waals surface area (Å²) in [6.07, 6.45) is 1.47. The van der Waals surface area contributed by atoms with Crippen molar-refractivity contribution in [2.75, 3.05) is 0 Å². The van der Waals surface area contributed by atoms with Gasteiger partial charge >= 0.3 is 5.97 Å². The van der Waals surface area contributed by atoms with Gasteiger partial charge in [0.05, 0.1) is 0 Å². The van der Waals surface area contributed by atoms with Crippen LogP contribution in [-0.4, -0.2) is 11.0 Å². The molecular formula is C6H6ClNO3. The zero-order valence-corrected chi connectivity index (χ0v) is 6.59. The first kappa shape index (κ1) is 8.07. The summed E-state index contributed by atoms with van der Waals surface area (Å²) in [7, 11) is 0. The van der Waals surface area contributed by atoms with Crippen molar-refractivity contribution in [2.45, 2.75) is 13.3 Å². The lowest BCUT2D eigenvalue weighted by Crippen LogP contribution is -2.05. The molecule has 11 heavy (non-hydrogen) atoms. The highest BCUT2D eigenvalue weighted by Gasteiger charge is 2.05. The lowest BCUT2D eigenvalue weighted by Gasteiger charge is -1.93. The highest BCUT2D eigenvalue weighted by molar-refractivity contribution is 6.27. The lowest BCUT2D eigenvalue weighted by molar-refractivity contribution is -0.134. The molecule has 60 valence electrons. The fourth-order valence-corrected chi connectivity index (χ4v) is 0.602. The van der Waals surface area contributed by atoms with Gasteiger partial charge in [0.15, 0.2) is 6.26 Å².